The van der Waals surface area contributed by atoms with Crippen LogP contribution < -0.4 is 5.32 Å². The van der Waals surface area contributed by atoms with Gasteiger partial charge in [0.05, 0.1) is 19.0 Å². The first-order chi connectivity index (χ1) is 9.97. The summed E-state index contributed by atoms with van der Waals surface area (Å²) in [6, 6.07) is 2.50. The van der Waals surface area contributed by atoms with Crippen LogP contribution in [0.2, 0.25) is 0 Å². The topological polar surface area (TPSA) is 73.2 Å². The Kier molecular flexibility index (Phi) is 4.27. The highest BCUT2D eigenvalue weighted by molar-refractivity contribution is 6.04. The fourth-order valence-electron chi connectivity index (χ4n) is 1.60. The molecule has 0 aliphatic carbocycles. The number of halogens is 2. The Labute approximate surface area is 118 Å². The van der Waals surface area contributed by atoms with E-state index in [1.807, 2.05) is 0 Å². The zero-order chi connectivity index (χ0) is 15.4. The Bertz CT molecular complexity index is 665. The summed E-state index contributed by atoms with van der Waals surface area (Å²) in [5.74, 6) is -2.88. The lowest BCUT2D eigenvalue weighted by Crippen LogP contribution is -2.13. The van der Waals surface area contributed by atoms with Gasteiger partial charge in [0.15, 0.2) is 0 Å². The summed E-state index contributed by atoms with van der Waals surface area (Å²) in [4.78, 5) is 22.9. The van der Waals surface area contributed by atoms with E-state index in [-0.39, 0.29) is 17.8 Å². The van der Waals surface area contributed by atoms with E-state index in [2.05, 4.69) is 15.2 Å². The molecule has 1 aromatic carbocycles. The summed E-state index contributed by atoms with van der Waals surface area (Å²) in [7, 11) is 1.24. The van der Waals surface area contributed by atoms with E-state index in [4.69, 9.17) is 0 Å². The molecule has 0 aliphatic rings. The highest BCUT2D eigenvalue weighted by Crippen LogP contribution is 2.11. The minimum absolute atomic E-state index is 0.110. The monoisotopic (exact) mass is 295 g/mol. The van der Waals surface area contributed by atoms with Crippen molar-refractivity contribution in [3.8, 4) is 0 Å². The molecular formula is C13H11F2N3O3. The summed E-state index contributed by atoms with van der Waals surface area (Å²) >= 11 is 0. The molecule has 0 spiro atoms. The SMILES string of the molecule is COC(=O)Cn1cc(NC(=O)c2cc(F)cc(F)c2)cn1. The number of nitrogens with zero attached hydrogens (tertiary/aromatic N) is 2. The largest absolute Gasteiger partial charge is 0.468 e. The van der Waals surface area contributed by atoms with Crippen LogP contribution in [0.1, 0.15) is 10.4 Å². The second-order valence-electron chi connectivity index (χ2n) is 4.11. The van der Waals surface area contributed by atoms with Gasteiger partial charge in [-0.2, -0.15) is 5.10 Å². The number of methoxy groups -OCH3 is 1. The Hall–Kier alpha value is -2.77. The number of carbonyl (C=O) groups excluding carboxylic acids is 2. The smallest absolute Gasteiger partial charge is 0.327 e. The minimum Gasteiger partial charge on any atom is -0.468 e. The summed E-state index contributed by atoms with van der Waals surface area (Å²) in [5.41, 5.74) is 0.127. The second-order valence-corrected chi connectivity index (χ2v) is 4.11. The van der Waals surface area contributed by atoms with Crippen LogP contribution in [-0.2, 0) is 16.1 Å². The highest BCUT2D eigenvalue weighted by Gasteiger charge is 2.11. The summed E-state index contributed by atoms with van der Waals surface area (Å²) in [6.07, 6.45) is 2.70. The number of aromatic nitrogens is 2. The van der Waals surface area contributed by atoms with Gasteiger partial charge in [-0.15, -0.1) is 0 Å². The van der Waals surface area contributed by atoms with Gasteiger partial charge in [0.2, 0.25) is 0 Å². The van der Waals surface area contributed by atoms with Gasteiger partial charge in [-0.1, -0.05) is 0 Å². The van der Waals surface area contributed by atoms with Crippen LogP contribution in [0, 0.1) is 11.6 Å². The van der Waals surface area contributed by atoms with Crippen LogP contribution in [0.4, 0.5) is 14.5 Å². The van der Waals surface area contributed by atoms with Crippen LogP contribution >= 0.6 is 0 Å². The third kappa shape index (κ3) is 3.85. The third-order valence-electron chi connectivity index (χ3n) is 2.53. The molecule has 21 heavy (non-hydrogen) atoms. The fourth-order valence-corrected chi connectivity index (χ4v) is 1.60. The first kappa shape index (κ1) is 14.6. The molecule has 0 aliphatic heterocycles. The number of nitrogens with one attached hydrogen (secondary N) is 1. The predicted octanol–water partition coefficient (Wildman–Crippen LogP) is 1.59. The molecule has 6 nitrogen and oxygen atoms in total. The Morgan fingerprint density at radius 3 is 2.57 bits per heavy atom. The first-order valence-corrected chi connectivity index (χ1v) is 5.84. The van der Waals surface area contributed by atoms with Gasteiger partial charge in [0, 0.05) is 17.8 Å². The highest BCUT2D eigenvalue weighted by atomic mass is 19.1. The zero-order valence-electron chi connectivity index (χ0n) is 11.0. The maximum absolute atomic E-state index is 13.0. The van der Waals surface area contributed by atoms with E-state index in [0.717, 1.165) is 12.1 Å². The molecule has 8 heteroatoms. The lowest BCUT2D eigenvalue weighted by molar-refractivity contribution is -0.141. The predicted molar refractivity (Wildman–Crippen MR) is 68.6 cm³/mol. The number of carbonyl (C=O) groups is 2. The van der Waals surface area contributed by atoms with Gasteiger partial charge in [0.1, 0.15) is 18.2 Å². The number of rotatable bonds is 4. The minimum atomic E-state index is -0.846. The molecule has 2 rings (SSSR count). The van der Waals surface area contributed by atoms with Gasteiger partial charge in [-0.3, -0.25) is 14.3 Å². The number of hydrogen-bond donors (Lipinski definition) is 1. The Morgan fingerprint density at radius 1 is 1.29 bits per heavy atom. The molecular weight excluding hydrogens is 284 g/mol. The van der Waals surface area contributed by atoms with Crippen LogP contribution in [0.15, 0.2) is 30.6 Å². The van der Waals surface area contributed by atoms with E-state index in [1.54, 1.807) is 0 Å². The molecule has 110 valence electrons. The quantitative estimate of drug-likeness (QED) is 0.869. The van der Waals surface area contributed by atoms with E-state index in [0.29, 0.717) is 6.07 Å². The van der Waals surface area contributed by atoms with Crippen LogP contribution in [0.3, 0.4) is 0 Å². The Balaban J connectivity index is 2.07. The molecule has 0 atom stereocenters. The average Bonchev–Trinajstić information content (AvgIpc) is 2.84. The van der Waals surface area contributed by atoms with Crippen molar-refractivity contribution in [2.24, 2.45) is 0 Å². The third-order valence-corrected chi connectivity index (χ3v) is 2.53. The van der Waals surface area contributed by atoms with Crippen molar-refractivity contribution in [1.29, 1.82) is 0 Å². The molecule has 0 saturated carbocycles. The Morgan fingerprint density at radius 2 is 1.95 bits per heavy atom. The molecule has 0 bridgehead atoms. The van der Waals surface area contributed by atoms with Crippen molar-refractivity contribution in [2.45, 2.75) is 6.54 Å². The van der Waals surface area contributed by atoms with Crippen LogP contribution in [-0.4, -0.2) is 28.8 Å². The molecule has 1 amide bonds. The van der Waals surface area contributed by atoms with Crippen molar-refractivity contribution in [3.05, 3.63) is 47.8 Å². The van der Waals surface area contributed by atoms with Crippen molar-refractivity contribution >= 4 is 17.6 Å². The number of esters is 1. The summed E-state index contributed by atoms with van der Waals surface area (Å²) in [5, 5.41) is 6.26. The van der Waals surface area contributed by atoms with E-state index in [9.17, 15) is 18.4 Å². The molecule has 2 aromatic rings. The number of anilines is 1. The molecule has 0 unspecified atom stereocenters. The normalized spacial score (nSPS) is 10.2. The molecule has 1 heterocycles. The maximum Gasteiger partial charge on any atom is 0.327 e. The van der Waals surface area contributed by atoms with Gasteiger partial charge in [-0.05, 0) is 12.1 Å². The average molecular weight is 295 g/mol. The zero-order valence-corrected chi connectivity index (χ0v) is 11.0. The van der Waals surface area contributed by atoms with E-state index < -0.39 is 23.5 Å². The van der Waals surface area contributed by atoms with Crippen molar-refractivity contribution in [3.63, 3.8) is 0 Å². The summed E-state index contributed by atoms with van der Waals surface area (Å²) in [6.45, 7) is -0.110. The number of hydrogen-bond acceptors (Lipinski definition) is 4. The standard InChI is InChI=1S/C13H11F2N3O3/c1-21-12(19)7-18-6-11(5-16-18)17-13(20)8-2-9(14)4-10(15)3-8/h2-6H,7H2,1H3,(H,17,20). The van der Waals surface area contributed by atoms with Crippen molar-refractivity contribution in [2.75, 3.05) is 12.4 Å². The molecule has 1 aromatic heterocycles. The maximum atomic E-state index is 13.0. The molecule has 0 saturated heterocycles. The molecule has 0 fully saturated rings. The van der Waals surface area contributed by atoms with Gasteiger partial charge in [-0.25, -0.2) is 8.78 Å². The first-order valence-electron chi connectivity index (χ1n) is 5.84. The van der Waals surface area contributed by atoms with E-state index >= 15 is 0 Å². The van der Waals surface area contributed by atoms with Crippen LogP contribution in [0.5, 0.6) is 0 Å². The van der Waals surface area contributed by atoms with Crippen molar-refractivity contribution < 1.29 is 23.1 Å². The lowest BCUT2D eigenvalue weighted by Gasteiger charge is -2.03. The second kappa shape index (κ2) is 6.12. The van der Waals surface area contributed by atoms with Crippen LogP contribution in [0.25, 0.3) is 0 Å². The van der Waals surface area contributed by atoms with Crippen molar-refractivity contribution in [1.82, 2.24) is 9.78 Å². The fraction of sp³-hybridized carbons (Fsp3) is 0.154. The lowest BCUT2D eigenvalue weighted by atomic mass is 10.2. The van der Waals surface area contributed by atoms with Gasteiger partial charge in [0.25, 0.3) is 5.91 Å². The van der Waals surface area contributed by atoms with Gasteiger partial charge >= 0.3 is 5.97 Å². The number of ether oxygens (including phenoxy) is 1. The molecule has 0 radical (unpaired) electrons. The number of benzene rings is 1. The van der Waals surface area contributed by atoms with E-state index in [1.165, 1.54) is 24.2 Å². The number of amides is 1. The summed E-state index contributed by atoms with van der Waals surface area (Å²) < 4.78 is 31.8. The van der Waals surface area contributed by atoms with Gasteiger partial charge < -0.3 is 10.1 Å². The molecule has 1 N–H and O–H groups in total.